The second kappa shape index (κ2) is 6.72. The Balaban J connectivity index is 2.07. The molecule has 2 rings (SSSR count). The van der Waals surface area contributed by atoms with Crippen LogP contribution in [0, 0.1) is 5.82 Å². The van der Waals surface area contributed by atoms with E-state index >= 15 is 0 Å². The molecule has 0 atom stereocenters. The number of benzene rings is 1. The Morgan fingerprint density at radius 3 is 2.95 bits per heavy atom. The Morgan fingerprint density at radius 2 is 2.25 bits per heavy atom. The first-order valence-corrected chi connectivity index (χ1v) is 7.30. The lowest BCUT2D eigenvalue weighted by Crippen LogP contribution is -2.23. The van der Waals surface area contributed by atoms with E-state index in [-0.39, 0.29) is 18.0 Å². The second-order valence-corrected chi connectivity index (χ2v) is 5.25. The molecule has 1 aromatic carbocycles. The van der Waals surface area contributed by atoms with Crippen molar-refractivity contribution in [1.29, 1.82) is 0 Å². The van der Waals surface area contributed by atoms with Gasteiger partial charge in [-0.1, -0.05) is 17.7 Å². The molecule has 0 fully saturated rings. The summed E-state index contributed by atoms with van der Waals surface area (Å²) < 4.78 is 18.9. The molecule has 0 aliphatic carbocycles. The van der Waals surface area contributed by atoms with Crippen LogP contribution in [0.2, 0.25) is 5.02 Å². The monoisotopic (exact) mass is 313 g/mol. The van der Waals surface area contributed by atoms with Crippen molar-refractivity contribution in [1.82, 2.24) is 5.32 Å². The molecule has 106 valence electrons. The van der Waals surface area contributed by atoms with E-state index in [1.165, 1.54) is 23.5 Å². The van der Waals surface area contributed by atoms with Crippen LogP contribution in [0.5, 0.6) is 5.75 Å². The molecule has 0 aliphatic rings. The SMILES string of the molecule is CCOc1ccsc1C(=O)NCc1c(F)cccc1Cl. The summed E-state index contributed by atoms with van der Waals surface area (Å²) in [6.45, 7) is 2.36. The molecule has 1 N–H and O–H groups in total. The molecule has 1 heterocycles. The summed E-state index contributed by atoms with van der Waals surface area (Å²) in [5.74, 6) is -0.202. The van der Waals surface area contributed by atoms with E-state index in [4.69, 9.17) is 16.3 Å². The average molecular weight is 314 g/mol. The van der Waals surface area contributed by atoms with E-state index in [1.54, 1.807) is 17.5 Å². The third-order valence-corrected chi connectivity index (χ3v) is 3.87. The fourth-order valence-electron chi connectivity index (χ4n) is 1.68. The smallest absolute Gasteiger partial charge is 0.265 e. The van der Waals surface area contributed by atoms with Crippen LogP contribution in [0.15, 0.2) is 29.6 Å². The van der Waals surface area contributed by atoms with Gasteiger partial charge in [0.05, 0.1) is 6.61 Å². The molecule has 1 amide bonds. The lowest BCUT2D eigenvalue weighted by molar-refractivity contribution is 0.0951. The van der Waals surface area contributed by atoms with Crippen LogP contribution >= 0.6 is 22.9 Å². The van der Waals surface area contributed by atoms with Crippen molar-refractivity contribution < 1.29 is 13.9 Å². The van der Waals surface area contributed by atoms with E-state index in [1.807, 2.05) is 6.92 Å². The minimum absolute atomic E-state index is 0.0355. The number of thiophene rings is 1. The Hall–Kier alpha value is -1.59. The van der Waals surface area contributed by atoms with Gasteiger partial charge < -0.3 is 10.1 Å². The average Bonchev–Trinajstić information content (AvgIpc) is 2.87. The van der Waals surface area contributed by atoms with Crippen LogP contribution in [0.3, 0.4) is 0 Å². The first-order valence-electron chi connectivity index (χ1n) is 6.04. The number of nitrogens with one attached hydrogen (secondary N) is 1. The van der Waals surface area contributed by atoms with Gasteiger partial charge in [0, 0.05) is 17.1 Å². The van der Waals surface area contributed by atoms with Gasteiger partial charge in [-0.3, -0.25) is 4.79 Å². The molecule has 0 spiro atoms. The molecule has 0 aliphatic heterocycles. The van der Waals surface area contributed by atoms with Crippen molar-refractivity contribution in [3.63, 3.8) is 0 Å². The summed E-state index contributed by atoms with van der Waals surface area (Å²) in [6.07, 6.45) is 0. The zero-order valence-corrected chi connectivity index (χ0v) is 12.4. The Kier molecular flexibility index (Phi) is 4.98. The molecule has 1 aromatic heterocycles. The fourth-order valence-corrected chi connectivity index (χ4v) is 2.66. The Labute approximate surface area is 125 Å². The highest BCUT2D eigenvalue weighted by molar-refractivity contribution is 7.12. The number of hydrogen-bond donors (Lipinski definition) is 1. The summed E-state index contributed by atoms with van der Waals surface area (Å²) in [5.41, 5.74) is 0.275. The third kappa shape index (κ3) is 3.29. The minimum Gasteiger partial charge on any atom is -0.492 e. The van der Waals surface area contributed by atoms with Gasteiger partial charge in [-0.2, -0.15) is 0 Å². The van der Waals surface area contributed by atoms with Gasteiger partial charge in [0.25, 0.3) is 5.91 Å². The number of halogens is 2. The van der Waals surface area contributed by atoms with Crippen molar-refractivity contribution in [2.24, 2.45) is 0 Å². The van der Waals surface area contributed by atoms with Crippen LogP contribution in [0.1, 0.15) is 22.2 Å². The lowest BCUT2D eigenvalue weighted by Gasteiger charge is -2.08. The van der Waals surface area contributed by atoms with Crippen molar-refractivity contribution >= 4 is 28.8 Å². The van der Waals surface area contributed by atoms with E-state index in [0.29, 0.717) is 22.3 Å². The summed E-state index contributed by atoms with van der Waals surface area (Å²) in [7, 11) is 0. The number of carbonyl (C=O) groups excluding carboxylic acids is 1. The van der Waals surface area contributed by atoms with E-state index in [2.05, 4.69) is 5.32 Å². The highest BCUT2D eigenvalue weighted by atomic mass is 35.5. The zero-order chi connectivity index (χ0) is 14.5. The van der Waals surface area contributed by atoms with Crippen LogP contribution in [0.4, 0.5) is 4.39 Å². The molecular formula is C14H13ClFNO2S. The van der Waals surface area contributed by atoms with Gasteiger partial charge in [-0.15, -0.1) is 11.3 Å². The maximum Gasteiger partial charge on any atom is 0.265 e. The molecule has 0 bridgehead atoms. The number of amides is 1. The number of carbonyl (C=O) groups is 1. The predicted octanol–water partition coefficient (Wildman–Crippen LogP) is 3.87. The molecule has 0 saturated carbocycles. The maximum atomic E-state index is 13.6. The molecule has 20 heavy (non-hydrogen) atoms. The lowest BCUT2D eigenvalue weighted by atomic mass is 10.2. The summed E-state index contributed by atoms with van der Waals surface area (Å²) in [5, 5.41) is 4.72. The molecule has 2 aromatic rings. The number of rotatable bonds is 5. The Morgan fingerprint density at radius 1 is 1.45 bits per heavy atom. The number of ether oxygens (including phenoxy) is 1. The molecule has 0 saturated heterocycles. The molecular weight excluding hydrogens is 301 g/mol. The van der Waals surface area contributed by atoms with Crippen LogP contribution in [0.25, 0.3) is 0 Å². The second-order valence-electron chi connectivity index (χ2n) is 3.93. The minimum atomic E-state index is -0.436. The van der Waals surface area contributed by atoms with Gasteiger partial charge >= 0.3 is 0 Å². The standard InChI is InChI=1S/C14H13ClFNO2S/c1-2-19-12-6-7-20-13(12)14(18)17-8-9-10(15)4-3-5-11(9)16/h3-7H,2,8H2,1H3,(H,17,18). The van der Waals surface area contributed by atoms with Gasteiger partial charge in [0.1, 0.15) is 16.4 Å². The van der Waals surface area contributed by atoms with Crippen LogP contribution < -0.4 is 10.1 Å². The van der Waals surface area contributed by atoms with E-state index < -0.39 is 5.82 Å². The van der Waals surface area contributed by atoms with Crippen molar-refractivity contribution in [2.75, 3.05) is 6.61 Å². The predicted molar refractivity (Wildman–Crippen MR) is 78.1 cm³/mol. The van der Waals surface area contributed by atoms with Crippen molar-refractivity contribution in [2.45, 2.75) is 13.5 Å². The van der Waals surface area contributed by atoms with Crippen molar-refractivity contribution in [3.8, 4) is 5.75 Å². The Bertz CT molecular complexity index is 595. The quantitative estimate of drug-likeness (QED) is 0.910. The zero-order valence-electron chi connectivity index (χ0n) is 10.8. The molecule has 3 nitrogen and oxygen atoms in total. The molecule has 0 radical (unpaired) electrons. The fraction of sp³-hybridized carbons (Fsp3) is 0.214. The van der Waals surface area contributed by atoms with E-state index in [0.717, 1.165) is 0 Å². The molecule has 0 unspecified atom stereocenters. The number of hydrogen-bond acceptors (Lipinski definition) is 3. The van der Waals surface area contributed by atoms with Gasteiger partial charge in [0.2, 0.25) is 0 Å². The molecule has 6 heteroatoms. The third-order valence-electron chi connectivity index (χ3n) is 2.62. The van der Waals surface area contributed by atoms with Crippen molar-refractivity contribution in [3.05, 3.63) is 50.9 Å². The highest BCUT2D eigenvalue weighted by Gasteiger charge is 2.15. The summed E-state index contributed by atoms with van der Waals surface area (Å²) in [6, 6.07) is 6.15. The normalized spacial score (nSPS) is 10.3. The summed E-state index contributed by atoms with van der Waals surface area (Å²) in [4.78, 5) is 12.5. The first kappa shape index (κ1) is 14.8. The van der Waals surface area contributed by atoms with Gasteiger partial charge in [-0.25, -0.2) is 4.39 Å². The summed E-state index contributed by atoms with van der Waals surface area (Å²) >= 11 is 7.18. The first-order chi connectivity index (χ1) is 9.63. The highest BCUT2D eigenvalue weighted by Crippen LogP contribution is 2.25. The topological polar surface area (TPSA) is 38.3 Å². The van der Waals surface area contributed by atoms with Crippen LogP contribution in [-0.4, -0.2) is 12.5 Å². The van der Waals surface area contributed by atoms with Crippen LogP contribution in [-0.2, 0) is 6.54 Å². The van der Waals surface area contributed by atoms with E-state index in [9.17, 15) is 9.18 Å². The maximum absolute atomic E-state index is 13.6. The largest absolute Gasteiger partial charge is 0.492 e. The van der Waals surface area contributed by atoms with Gasteiger partial charge in [-0.05, 0) is 30.5 Å². The van der Waals surface area contributed by atoms with Gasteiger partial charge in [0.15, 0.2) is 0 Å².